The van der Waals surface area contributed by atoms with Gasteiger partial charge in [-0.2, -0.15) is 20.0 Å². The summed E-state index contributed by atoms with van der Waals surface area (Å²) < 4.78 is 33.7. The summed E-state index contributed by atoms with van der Waals surface area (Å²) in [6.07, 6.45) is 4.81. The molecule has 5 rings (SSSR count). The molecule has 34 heavy (non-hydrogen) atoms. The van der Waals surface area contributed by atoms with Gasteiger partial charge in [-0.3, -0.25) is 4.79 Å². The number of anilines is 1. The zero-order valence-corrected chi connectivity index (χ0v) is 18.8. The number of rotatable bonds is 5. The predicted molar refractivity (Wildman–Crippen MR) is 122 cm³/mol. The number of hydrogen-bond donors (Lipinski definition) is 1. The number of nitrogens with one attached hydrogen (secondary N) is 1. The molecule has 0 saturated carbocycles. The molecule has 0 aliphatic carbocycles. The Morgan fingerprint density at radius 2 is 2.00 bits per heavy atom. The molecule has 1 fully saturated rings. The zero-order valence-electron chi connectivity index (χ0n) is 18.8. The Kier molecular flexibility index (Phi) is 5.72. The predicted octanol–water partition coefficient (Wildman–Crippen LogP) is 4.35. The van der Waals surface area contributed by atoms with Crippen LogP contribution in [0.5, 0.6) is 0 Å². The zero-order chi connectivity index (χ0) is 23.8. The van der Waals surface area contributed by atoms with E-state index in [9.17, 15) is 13.6 Å². The van der Waals surface area contributed by atoms with Crippen LogP contribution in [0.15, 0.2) is 47.1 Å². The number of oxazole rings is 1. The van der Waals surface area contributed by atoms with Crippen LogP contribution in [0.1, 0.15) is 35.7 Å². The molecule has 3 heterocycles. The largest absolute Gasteiger partial charge is 0.424 e. The lowest BCUT2D eigenvalue weighted by Crippen LogP contribution is -2.51. The van der Waals surface area contributed by atoms with Crippen LogP contribution in [-0.2, 0) is 0 Å². The lowest BCUT2D eigenvalue weighted by molar-refractivity contribution is 0.0537. The normalized spacial score (nSPS) is 18.4. The fourth-order valence-corrected chi connectivity index (χ4v) is 4.57. The van der Waals surface area contributed by atoms with Gasteiger partial charge in [0.1, 0.15) is 17.2 Å². The summed E-state index contributed by atoms with van der Waals surface area (Å²) in [4.78, 5) is 21.2. The molecule has 1 amide bonds. The number of carbonyl (C=O) groups is 1. The average Bonchev–Trinajstić information content (AvgIpc) is 3.49. The Labute approximate surface area is 194 Å². The van der Waals surface area contributed by atoms with Gasteiger partial charge in [-0.05, 0) is 55.5 Å². The maximum atomic E-state index is 14.5. The van der Waals surface area contributed by atoms with Crippen molar-refractivity contribution in [3.63, 3.8) is 0 Å². The summed E-state index contributed by atoms with van der Waals surface area (Å²) >= 11 is 0. The molecule has 0 radical (unpaired) electrons. The summed E-state index contributed by atoms with van der Waals surface area (Å²) in [7, 11) is 0. The molecule has 2 aromatic heterocycles. The van der Waals surface area contributed by atoms with Crippen LogP contribution in [0.4, 0.5) is 14.8 Å². The smallest absolute Gasteiger partial charge is 0.295 e. The number of fused-ring (bicyclic) bond motifs is 1. The second-order valence-electron chi connectivity index (χ2n) is 8.58. The van der Waals surface area contributed by atoms with E-state index in [2.05, 4.69) is 27.4 Å². The van der Waals surface area contributed by atoms with Crippen LogP contribution in [0.3, 0.4) is 0 Å². The van der Waals surface area contributed by atoms with Gasteiger partial charge in [-0.15, -0.1) is 0 Å². The van der Waals surface area contributed by atoms with Crippen LogP contribution in [0.2, 0.25) is 0 Å². The van der Waals surface area contributed by atoms with Gasteiger partial charge in [0.2, 0.25) is 0 Å². The van der Waals surface area contributed by atoms with Crippen LogP contribution in [0, 0.1) is 24.5 Å². The van der Waals surface area contributed by atoms with Gasteiger partial charge in [-0.1, -0.05) is 6.92 Å². The van der Waals surface area contributed by atoms with E-state index in [1.54, 1.807) is 11.8 Å². The number of nitrogens with zero attached hydrogens (tertiary/aromatic N) is 5. The van der Waals surface area contributed by atoms with Crippen molar-refractivity contribution in [3.8, 4) is 5.69 Å². The molecule has 1 aliphatic rings. The minimum absolute atomic E-state index is 0.186. The monoisotopic (exact) mass is 466 g/mol. The number of likely N-dealkylation sites (tertiary alicyclic amines) is 1. The average molecular weight is 466 g/mol. The molecule has 2 aromatic carbocycles. The van der Waals surface area contributed by atoms with Crippen molar-refractivity contribution in [1.82, 2.24) is 24.9 Å². The number of benzene rings is 2. The molecular formula is C24H24F2N6O2. The molecule has 1 aliphatic heterocycles. The van der Waals surface area contributed by atoms with Crippen LogP contribution in [-0.4, -0.2) is 49.9 Å². The van der Waals surface area contributed by atoms with Crippen molar-refractivity contribution in [3.05, 3.63) is 65.5 Å². The molecule has 4 aromatic rings. The van der Waals surface area contributed by atoms with E-state index in [4.69, 9.17) is 4.42 Å². The molecule has 0 spiro atoms. The van der Waals surface area contributed by atoms with Crippen molar-refractivity contribution in [1.29, 1.82) is 0 Å². The van der Waals surface area contributed by atoms with E-state index in [0.717, 1.165) is 12.8 Å². The number of hydrogen-bond acceptors (Lipinski definition) is 6. The highest BCUT2D eigenvalue weighted by Gasteiger charge is 2.35. The first-order valence-corrected chi connectivity index (χ1v) is 11.2. The Hall–Kier alpha value is -3.82. The van der Waals surface area contributed by atoms with E-state index in [0.29, 0.717) is 29.9 Å². The summed E-state index contributed by atoms with van der Waals surface area (Å²) in [5, 5.41) is 11.4. The second-order valence-corrected chi connectivity index (χ2v) is 8.58. The topological polar surface area (TPSA) is 89.1 Å². The van der Waals surface area contributed by atoms with E-state index in [1.807, 2.05) is 0 Å². The van der Waals surface area contributed by atoms with Crippen LogP contribution >= 0.6 is 0 Å². The molecule has 176 valence electrons. The molecule has 2 atom stereocenters. The van der Waals surface area contributed by atoms with Crippen LogP contribution < -0.4 is 5.32 Å². The minimum Gasteiger partial charge on any atom is -0.424 e. The molecule has 8 nitrogen and oxygen atoms in total. The van der Waals surface area contributed by atoms with Gasteiger partial charge < -0.3 is 14.6 Å². The number of carbonyl (C=O) groups excluding carboxylic acids is 1. The summed E-state index contributed by atoms with van der Waals surface area (Å²) in [5.74, 6) is -0.940. The van der Waals surface area contributed by atoms with Crippen molar-refractivity contribution < 1.29 is 18.0 Å². The number of piperidine rings is 1. The molecular weight excluding hydrogens is 442 g/mol. The highest BCUT2D eigenvalue weighted by atomic mass is 19.1. The number of aromatic nitrogens is 4. The third-order valence-corrected chi connectivity index (χ3v) is 6.41. The van der Waals surface area contributed by atoms with E-state index < -0.39 is 11.6 Å². The summed E-state index contributed by atoms with van der Waals surface area (Å²) in [6, 6.07) is 7.06. The maximum absolute atomic E-state index is 14.5. The molecule has 1 N–H and O–H groups in total. The van der Waals surface area contributed by atoms with Crippen molar-refractivity contribution in [2.24, 2.45) is 5.92 Å². The molecule has 1 saturated heterocycles. The lowest BCUT2D eigenvalue weighted by atomic mass is 9.89. The van der Waals surface area contributed by atoms with Gasteiger partial charge in [0.15, 0.2) is 5.58 Å². The van der Waals surface area contributed by atoms with Crippen molar-refractivity contribution >= 4 is 23.0 Å². The minimum atomic E-state index is -0.460. The Balaban J connectivity index is 1.44. The highest BCUT2D eigenvalue weighted by molar-refractivity contribution is 5.99. The van der Waals surface area contributed by atoms with Gasteiger partial charge in [0.25, 0.3) is 11.9 Å². The first-order chi connectivity index (χ1) is 16.4. The summed E-state index contributed by atoms with van der Waals surface area (Å²) in [5.41, 5.74) is 1.82. The maximum Gasteiger partial charge on any atom is 0.295 e. The molecule has 0 bridgehead atoms. The SMILES string of the molecule is Cc1c(F)ccc(-n2nccn2)c1C(=O)N1CCCC(C)C1CNc1nc2cc(F)ccc2o1. The number of amides is 1. The first-order valence-electron chi connectivity index (χ1n) is 11.2. The molecule has 2 unspecified atom stereocenters. The Morgan fingerprint density at radius 3 is 2.79 bits per heavy atom. The van der Waals surface area contributed by atoms with E-state index in [1.165, 1.54) is 47.5 Å². The van der Waals surface area contributed by atoms with Crippen molar-refractivity contribution in [2.45, 2.75) is 32.7 Å². The van der Waals surface area contributed by atoms with Gasteiger partial charge in [-0.25, -0.2) is 8.78 Å². The van der Waals surface area contributed by atoms with Gasteiger partial charge >= 0.3 is 0 Å². The van der Waals surface area contributed by atoms with Crippen LogP contribution in [0.25, 0.3) is 16.8 Å². The fraction of sp³-hybridized carbons (Fsp3) is 0.333. The summed E-state index contributed by atoms with van der Waals surface area (Å²) in [6.45, 7) is 4.59. The molecule has 10 heteroatoms. The fourth-order valence-electron chi connectivity index (χ4n) is 4.57. The highest BCUT2D eigenvalue weighted by Crippen LogP contribution is 2.29. The Bertz CT molecular complexity index is 1340. The third kappa shape index (κ3) is 4.00. The standard InChI is InChI=1S/C24H24F2N6O2/c1-14-4-3-11-31(20(14)13-27-24-30-18-12-16(25)5-8-21(18)34-24)23(33)22-15(2)17(26)6-7-19(22)32-28-9-10-29-32/h5-10,12,14,20H,3-4,11,13H2,1-2H3,(H,27,30). The quantitative estimate of drug-likeness (QED) is 0.471. The first kappa shape index (κ1) is 22.0. The van der Waals surface area contributed by atoms with Gasteiger partial charge in [0, 0.05) is 19.2 Å². The third-order valence-electron chi connectivity index (χ3n) is 6.41. The van der Waals surface area contributed by atoms with E-state index >= 15 is 0 Å². The van der Waals surface area contributed by atoms with Crippen molar-refractivity contribution in [2.75, 3.05) is 18.4 Å². The van der Waals surface area contributed by atoms with Gasteiger partial charge in [0.05, 0.1) is 29.7 Å². The Morgan fingerprint density at radius 1 is 1.21 bits per heavy atom. The van der Waals surface area contributed by atoms with E-state index in [-0.39, 0.29) is 35.0 Å². The lowest BCUT2D eigenvalue weighted by Gasteiger charge is -2.40. The number of halogens is 2. The second kappa shape index (κ2) is 8.85.